The molecule has 0 aromatic heterocycles. The molecule has 0 aromatic carbocycles. The average molecular weight is 172 g/mol. The first-order valence-electron chi connectivity index (χ1n) is 5.20. The largest absolute Gasteiger partial charge is 0.317 e. The SMILES string of the molecule is CCCCN(C)CCCNCC. The minimum absolute atomic E-state index is 1.10. The van der Waals surface area contributed by atoms with Gasteiger partial charge in [-0.1, -0.05) is 20.3 Å². The molecular formula is C10H24N2. The van der Waals surface area contributed by atoms with Crippen LogP contribution >= 0.6 is 0 Å². The summed E-state index contributed by atoms with van der Waals surface area (Å²) in [5.74, 6) is 0. The highest BCUT2D eigenvalue weighted by atomic mass is 15.1. The first-order chi connectivity index (χ1) is 5.81. The van der Waals surface area contributed by atoms with Crippen LogP contribution in [0.3, 0.4) is 0 Å². The van der Waals surface area contributed by atoms with Gasteiger partial charge in [0, 0.05) is 0 Å². The van der Waals surface area contributed by atoms with Gasteiger partial charge in [-0.15, -0.1) is 0 Å². The van der Waals surface area contributed by atoms with Gasteiger partial charge in [0.25, 0.3) is 0 Å². The summed E-state index contributed by atoms with van der Waals surface area (Å²) in [6, 6.07) is 0. The van der Waals surface area contributed by atoms with E-state index in [2.05, 4.69) is 31.1 Å². The van der Waals surface area contributed by atoms with E-state index in [1.54, 1.807) is 0 Å². The molecule has 0 heterocycles. The van der Waals surface area contributed by atoms with Crippen LogP contribution in [0.2, 0.25) is 0 Å². The first kappa shape index (κ1) is 11.9. The molecule has 0 fully saturated rings. The summed E-state index contributed by atoms with van der Waals surface area (Å²) in [7, 11) is 2.21. The summed E-state index contributed by atoms with van der Waals surface area (Å²) in [4.78, 5) is 2.42. The zero-order chi connectivity index (χ0) is 9.23. The van der Waals surface area contributed by atoms with Crippen molar-refractivity contribution in [3.63, 3.8) is 0 Å². The van der Waals surface area contributed by atoms with Crippen molar-refractivity contribution in [2.45, 2.75) is 33.1 Å². The van der Waals surface area contributed by atoms with Crippen molar-refractivity contribution >= 4 is 0 Å². The second kappa shape index (κ2) is 9.01. The lowest BCUT2D eigenvalue weighted by Gasteiger charge is -2.15. The van der Waals surface area contributed by atoms with Gasteiger partial charge in [-0.05, 0) is 46.1 Å². The summed E-state index contributed by atoms with van der Waals surface area (Å²) in [5, 5.41) is 3.33. The Hall–Kier alpha value is -0.0800. The number of nitrogens with zero attached hydrogens (tertiary/aromatic N) is 1. The van der Waals surface area contributed by atoms with Gasteiger partial charge in [0.15, 0.2) is 0 Å². The predicted octanol–water partition coefficient (Wildman–Crippen LogP) is 1.72. The fourth-order valence-electron chi connectivity index (χ4n) is 1.19. The molecule has 0 atom stereocenters. The number of unbranched alkanes of at least 4 members (excludes halogenated alkanes) is 1. The molecule has 0 radical (unpaired) electrons. The van der Waals surface area contributed by atoms with E-state index < -0.39 is 0 Å². The van der Waals surface area contributed by atoms with Gasteiger partial charge in [-0.2, -0.15) is 0 Å². The Labute approximate surface area is 77.3 Å². The molecule has 0 amide bonds. The van der Waals surface area contributed by atoms with Crippen molar-refractivity contribution in [2.75, 3.05) is 33.2 Å². The number of hydrogen-bond acceptors (Lipinski definition) is 2. The van der Waals surface area contributed by atoms with E-state index in [0.717, 1.165) is 13.1 Å². The smallest absolute Gasteiger partial charge is 0.000969 e. The van der Waals surface area contributed by atoms with E-state index in [9.17, 15) is 0 Å². The summed E-state index contributed by atoms with van der Waals surface area (Å²) < 4.78 is 0. The number of hydrogen-bond donors (Lipinski definition) is 1. The third-order valence-electron chi connectivity index (χ3n) is 2.04. The fraction of sp³-hybridized carbons (Fsp3) is 1.00. The van der Waals surface area contributed by atoms with Crippen LogP contribution < -0.4 is 5.32 Å². The molecule has 2 nitrogen and oxygen atoms in total. The van der Waals surface area contributed by atoms with Crippen LogP contribution in [0, 0.1) is 0 Å². The molecule has 0 aliphatic rings. The molecule has 0 aliphatic carbocycles. The topological polar surface area (TPSA) is 15.3 Å². The molecule has 0 aromatic rings. The molecule has 0 saturated heterocycles. The lowest BCUT2D eigenvalue weighted by Crippen LogP contribution is -2.24. The molecule has 0 unspecified atom stereocenters. The second-order valence-corrected chi connectivity index (χ2v) is 3.36. The molecule has 0 bridgehead atoms. The minimum Gasteiger partial charge on any atom is -0.317 e. The quantitative estimate of drug-likeness (QED) is 0.561. The van der Waals surface area contributed by atoms with Crippen LogP contribution in [0.5, 0.6) is 0 Å². The molecule has 0 saturated carbocycles. The number of rotatable bonds is 8. The molecular weight excluding hydrogens is 148 g/mol. The number of nitrogens with one attached hydrogen (secondary N) is 1. The van der Waals surface area contributed by atoms with Crippen molar-refractivity contribution in [3.05, 3.63) is 0 Å². The molecule has 0 rings (SSSR count). The molecule has 1 N–H and O–H groups in total. The molecule has 12 heavy (non-hydrogen) atoms. The predicted molar refractivity (Wildman–Crippen MR) is 55.6 cm³/mol. The van der Waals surface area contributed by atoms with Gasteiger partial charge in [-0.3, -0.25) is 0 Å². The van der Waals surface area contributed by atoms with Crippen molar-refractivity contribution in [1.29, 1.82) is 0 Å². The van der Waals surface area contributed by atoms with E-state index in [-0.39, 0.29) is 0 Å². The highest BCUT2D eigenvalue weighted by Gasteiger charge is 1.95. The van der Waals surface area contributed by atoms with Crippen LogP contribution in [0.25, 0.3) is 0 Å². The van der Waals surface area contributed by atoms with Gasteiger partial charge in [0.1, 0.15) is 0 Å². The zero-order valence-corrected chi connectivity index (χ0v) is 8.90. The van der Waals surface area contributed by atoms with Crippen LogP contribution in [-0.4, -0.2) is 38.1 Å². The lowest BCUT2D eigenvalue weighted by molar-refractivity contribution is 0.322. The Morgan fingerprint density at radius 3 is 2.33 bits per heavy atom. The van der Waals surface area contributed by atoms with Gasteiger partial charge in [0.05, 0.1) is 0 Å². The van der Waals surface area contributed by atoms with E-state index in [1.165, 1.54) is 32.4 Å². The van der Waals surface area contributed by atoms with E-state index in [4.69, 9.17) is 0 Å². The average Bonchev–Trinajstić information content (AvgIpc) is 2.09. The maximum atomic E-state index is 3.33. The highest BCUT2D eigenvalue weighted by molar-refractivity contribution is 4.53. The third kappa shape index (κ3) is 8.02. The molecule has 0 aliphatic heterocycles. The highest BCUT2D eigenvalue weighted by Crippen LogP contribution is 1.92. The van der Waals surface area contributed by atoms with E-state index in [0.29, 0.717) is 0 Å². The third-order valence-corrected chi connectivity index (χ3v) is 2.04. The Morgan fingerprint density at radius 2 is 1.75 bits per heavy atom. The standard InChI is InChI=1S/C10H24N2/c1-4-6-9-12(3)10-7-8-11-5-2/h11H,4-10H2,1-3H3. The Bertz CT molecular complexity index is 83.9. The first-order valence-corrected chi connectivity index (χ1v) is 5.20. The molecule has 2 heteroatoms. The summed E-state index contributed by atoms with van der Waals surface area (Å²) in [6.45, 7) is 9.13. The van der Waals surface area contributed by atoms with Gasteiger partial charge in [0.2, 0.25) is 0 Å². The molecule has 74 valence electrons. The monoisotopic (exact) mass is 172 g/mol. The van der Waals surface area contributed by atoms with E-state index in [1.807, 2.05) is 0 Å². The van der Waals surface area contributed by atoms with E-state index >= 15 is 0 Å². The van der Waals surface area contributed by atoms with Crippen molar-refractivity contribution in [1.82, 2.24) is 10.2 Å². The van der Waals surface area contributed by atoms with Crippen LogP contribution in [0.15, 0.2) is 0 Å². The van der Waals surface area contributed by atoms with Gasteiger partial charge >= 0.3 is 0 Å². The maximum absolute atomic E-state index is 3.33. The minimum atomic E-state index is 1.10. The summed E-state index contributed by atoms with van der Waals surface area (Å²) >= 11 is 0. The normalized spacial score (nSPS) is 11.0. The van der Waals surface area contributed by atoms with Crippen molar-refractivity contribution in [3.8, 4) is 0 Å². The Balaban J connectivity index is 3.02. The zero-order valence-electron chi connectivity index (χ0n) is 8.90. The second-order valence-electron chi connectivity index (χ2n) is 3.36. The van der Waals surface area contributed by atoms with Crippen molar-refractivity contribution in [2.24, 2.45) is 0 Å². The molecule has 0 spiro atoms. The maximum Gasteiger partial charge on any atom is -0.000969 e. The van der Waals surface area contributed by atoms with Crippen molar-refractivity contribution < 1.29 is 0 Å². The summed E-state index contributed by atoms with van der Waals surface area (Å²) in [5.41, 5.74) is 0. The van der Waals surface area contributed by atoms with Crippen LogP contribution in [-0.2, 0) is 0 Å². The fourth-order valence-corrected chi connectivity index (χ4v) is 1.19. The van der Waals surface area contributed by atoms with Crippen LogP contribution in [0.4, 0.5) is 0 Å². The van der Waals surface area contributed by atoms with Gasteiger partial charge in [-0.25, -0.2) is 0 Å². The summed E-state index contributed by atoms with van der Waals surface area (Å²) in [6.07, 6.45) is 3.91. The lowest BCUT2D eigenvalue weighted by atomic mass is 10.3. The Morgan fingerprint density at radius 1 is 1.08 bits per heavy atom. The Kier molecular flexibility index (Phi) is 8.95. The van der Waals surface area contributed by atoms with Crippen LogP contribution in [0.1, 0.15) is 33.1 Å². The van der Waals surface area contributed by atoms with Gasteiger partial charge < -0.3 is 10.2 Å².